The van der Waals surface area contributed by atoms with Crippen LogP contribution in [0.15, 0.2) is 66.3 Å². The zero-order valence-corrected chi connectivity index (χ0v) is 21.9. The van der Waals surface area contributed by atoms with E-state index in [1.165, 1.54) is 12.7 Å². The van der Waals surface area contributed by atoms with Crippen LogP contribution >= 0.6 is 7.60 Å². The molecule has 34 heavy (non-hydrogen) atoms. The third kappa shape index (κ3) is 6.64. The molecule has 4 nitrogen and oxygen atoms in total. The first kappa shape index (κ1) is 26.3. The Morgan fingerprint density at radius 1 is 1.18 bits per heavy atom. The number of phenols is 1. The van der Waals surface area contributed by atoms with Gasteiger partial charge in [-0.2, -0.15) is 0 Å². The highest BCUT2D eigenvalue weighted by Gasteiger charge is 2.34. The van der Waals surface area contributed by atoms with E-state index < -0.39 is 7.60 Å². The van der Waals surface area contributed by atoms with Gasteiger partial charge < -0.3 is 14.2 Å². The minimum Gasteiger partial charge on any atom is -0.507 e. The van der Waals surface area contributed by atoms with E-state index in [-0.39, 0.29) is 23.7 Å². The molecule has 1 aliphatic rings. The van der Waals surface area contributed by atoms with Crippen LogP contribution in [0, 0.1) is 5.92 Å². The summed E-state index contributed by atoms with van der Waals surface area (Å²) in [7, 11) is -2.08. The number of allylic oxidation sites excluding steroid dienone is 3. The summed E-state index contributed by atoms with van der Waals surface area (Å²) in [6, 6.07) is 13.4. The van der Waals surface area contributed by atoms with Crippen molar-refractivity contribution in [3.63, 3.8) is 0 Å². The standard InChI is InChI=1S/C29H39O4P/c1-6-7-9-14-24-18-27(30)29(26-17-22(4)15-16-25(26)21(2)3)28(19-24)33-34(31,32-5)20-23-12-10-8-11-13-23/h8,10-13,17-19,25-26,30H,2,6-7,9,14-16,20H2,1,3-5H3. The van der Waals surface area contributed by atoms with E-state index in [2.05, 4.69) is 26.5 Å². The lowest BCUT2D eigenvalue weighted by molar-refractivity contribution is 0.317. The van der Waals surface area contributed by atoms with Gasteiger partial charge in [0.25, 0.3) is 0 Å². The summed E-state index contributed by atoms with van der Waals surface area (Å²) in [5.74, 6) is 0.732. The Labute approximate surface area is 205 Å². The van der Waals surface area contributed by atoms with Crippen molar-refractivity contribution in [2.24, 2.45) is 5.92 Å². The van der Waals surface area contributed by atoms with Crippen molar-refractivity contribution in [2.75, 3.05) is 7.11 Å². The van der Waals surface area contributed by atoms with Gasteiger partial charge in [-0.25, -0.2) is 4.57 Å². The van der Waals surface area contributed by atoms with Gasteiger partial charge in [0.05, 0.1) is 6.16 Å². The number of unbranched alkanes of at least 4 members (excludes halogenated alkanes) is 2. The van der Waals surface area contributed by atoms with E-state index in [1.807, 2.05) is 49.4 Å². The van der Waals surface area contributed by atoms with Gasteiger partial charge in [0.15, 0.2) is 0 Å². The molecule has 0 amide bonds. The SMILES string of the molecule is C=C(C)C1CCC(C)=CC1c1c(O)cc(CCCCC)cc1OP(=O)(Cc1ccccc1)OC. The zero-order valence-electron chi connectivity index (χ0n) is 21.0. The second-order valence-corrected chi connectivity index (χ2v) is 11.6. The summed E-state index contributed by atoms with van der Waals surface area (Å²) in [6.07, 6.45) is 8.43. The van der Waals surface area contributed by atoms with Gasteiger partial charge in [-0.3, -0.25) is 0 Å². The fraction of sp³-hybridized carbons (Fsp3) is 0.448. The number of hydrogen-bond donors (Lipinski definition) is 1. The van der Waals surface area contributed by atoms with Crippen molar-refractivity contribution in [1.82, 2.24) is 0 Å². The second-order valence-electron chi connectivity index (χ2n) is 9.54. The Morgan fingerprint density at radius 2 is 1.91 bits per heavy atom. The van der Waals surface area contributed by atoms with E-state index in [0.29, 0.717) is 11.3 Å². The maximum Gasteiger partial charge on any atom is 0.383 e. The lowest BCUT2D eigenvalue weighted by Gasteiger charge is -2.32. The molecule has 3 unspecified atom stereocenters. The molecule has 0 fully saturated rings. The molecule has 3 atom stereocenters. The minimum atomic E-state index is -3.51. The predicted molar refractivity (Wildman–Crippen MR) is 141 cm³/mol. The Bertz CT molecular complexity index is 1060. The number of aromatic hydroxyl groups is 1. The van der Waals surface area contributed by atoms with Crippen molar-refractivity contribution >= 4 is 7.60 Å². The van der Waals surface area contributed by atoms with Gasteiger partial charge in [0.2, 0.25) is 0 Å². The molecule has 0 aromatic heterocycles. The van der Waals surface area contributed by atoms with Crippen LogP contribution in [-0.4, -0.2) is 12.2 Å². The topological polar surface area (TPSA) is 55.8 Å². The van der Waals surface area contributed by atoms with Crippen LogP contribution in [0.5, 0.6) is 11.5 Å². The first-order valence-electron chi connectivity index (χ1n) is 12.3. The fourth-order valence-electron chi connectivity index (χ4n) is 4.80. The molecule has 0 saturated carbocycles. The average Bonchev–Trinajstić information content (AvgIpc) is 2.79. The van der Waals surface area contributed by atoms with E-state index >= 15 is 0 Å². The van der Waals surface area contributed by atoms with Gasteiger partial charge in [-0.1, -0.05) is 73.9 Å². The lowest BCUT2D eigenvalue weighted by atomic mass is 9.73. The summed E-state index contributed by atoms with van der Waals surface area (Å²) in [4.78, 5) is 0. The quantitative estimate of drug-likeness (QED) is 0.198. The van der Waals surface area contributed by atoms with Crippen molar-refractivity contribution in [2.45, 2.75) is 71.4 Å². The van der Waals surface area contributed by atoms with Gasteiger partial charge in [0.1, 0.15) is 11.5 Å². The van der Waals surface area contributed by atoms with E-state index in [9.17, 15) is 9.67 Å². The monoisotopic (exact) mass is 482 g/mol. The van der Waals surface area contributed by atoms with Crippen LogP contribution in [0.3, 0.4) is 0 Å². The number of benzene rings is 2. The smallest absolute Gasteiger partial charge is 0.383 e. The molecule has 0 aliphatic heterocycles. The Morgan fingerprint density at radius 3 is 2.56 bits per heavy atom. The Hall–Kier alpha value is -2.29. The highest BCUT2D eigenvalue weighted by molar-refractivity contribution is 7.53. The number of phenolic OH excluding ortho intramolecular Hbond substituents is 1. The van der Waals surface area contributed by atoms with Crippen molar-refractivity contribution in [3.8, 4) is 11.5 Å². The molecule has 1 aliphatic carbocycles. The molecular weight excluding hydrogens is 443 g/mol. The first-order valence-corrected chi connectivity index (χ1v) is 14.1. The maximum absolute atomic E-state index is 13.8. The molecule has 1 N–H and O–H groups in total. The molecule has 2 aromatic carbocycles. The number of hydrogen-bond acceptors (Lipinski definition) is 4. The highest BCUT2D eigenvalue weighted by atomic mass is 31.2. The molecule has 5 heteroatoms. The number of rotatable bonds is 11. The first-order chi connectivity index (χ1) is 16.3. The van der Waals surface area contributed by atoms with Gasteiger partial charge in [-0.15, -0.1) is 0 Å². The largest absolute Gasteiger partial charge is 0.507 e. The molecule has 2 aromatic rings. The van der Waals surface area contributed by atoms with Crippen LogP contribution in [-0.2, 0) is 21.7 Å². The maximum atomic E-state index is 13.8. The van der Waals surface area contributed by atoms with Gasteiger partial charge >= 0.3 is 7.60 Å². The molecule has 0 spiro atoms. The molecule has 3 rings (SSSR count). The Balaban J connectivity index is 2.07. The Kier molecular flexibility index (Phi) is 9.22. The van der Waals surface area contributed by atoms with Crippen LogP contribution in [0.4, 0.5) is 0 Å². The van der Waals surface area contributed by atoms with Crippen LogP contribution in [0.2, 0.25) is 0 Å². The van der Waals surface area contributed by atoms with Crippen LogP contribution < -0.4 is 4.52 Å². The lowest BCUT2D eigenvalue weighted by Crippen LogP contribution is -2.18. The summed E-state index contributed by atoms with van der Waals surface area (Å²) >= 11 is 0. The summed E-state index contributed by atoms with van der Waals surface area (Å²) in [6.45, 7) is 10.6. The second kappa shape index (κ2) is 11.9. The fourth-order valence-corrected chi connectivity index (χ4v) is 6.18. The van der Waals surface area contributed by atoms with Crippen LogP contribution in [0.1, 0.15) is 75.5 Å². The summed E-state index contributed by atoms with van der Waals surface area (Å²) in [5.41, 5.74) is 4.89. The van der Waals surface area contributed by atoms with E-state index in [0.717, 1.165) is 55.2 Å². The van der Waals surface area contributed by atoms with Crippen molar-refractivity contribution < 1.29 is 18.7 Å². The molecule has 0 heterocycles. The summed E-state index contributed by atoms with van der Waals surface area (Å²) < 4.78 is 25.5. The van der Waals surface area contributed by atoms with Gasteiger partial charge in [-0.05, 0) is 68.7 Å². The third-order valence-corrected chi connectivity index (χ3v) is 8.48. The van der Waals surface area contributed by atoms with E-state index in [4.69, 9.17) is 9.05 Å². The normalized spacial score (nSPS) is 19.8. The molecule has 0 radical (unpaired) electrons. The molecular formula is C29H39O4P. The van der Waals surface area contributed by atoms with Crippen molar-refractivity contribution in [3.05, 3.63) is 83.0 Å². The van der Waals surface area contributed by atoms with Crippen molar-refractivity contribution in [1.29, 1.82) is 0 Å². The van der Waals surface area contributed by atoms with Gasteiger partial charge in [0, 0.05) is 18.6 Å². The van der Waals surface area contributed by atoms with E-state index in [1.54, 1.807) is 0 Å². The minimum absolute atomic E-state index is 0.0898. The van der Waals surface area contributed by atoms with Crippen LogP contribution in [0.25, 0.3) is 0 Å². The third-order valence-electron chi connectivity index (χ3n) is 6.70. The molecule has 184 valence electrons. The summed E-state index contributed by atoms with van der Waals surface area (Å²) in [5, 5.41) is 11.3. The highest BCUT2D eigenvalue weighted by Crippen LogP contribution is 2.55. The number of aryl methyl sites for hydroxylation is 1. The predicted octanol–water partition coefficient (Wildman–Crippen LogP) is 8.56. The average molecular weight is 483 g/mol. The molecule has 0 saturated heterocycles. The molecule has 0 bridgehead atoms. The zero-order chi connectivity index (χ0) is 24.7.